The third-order valence-corrected chi connectivity index (χ3v) is 6.47. The number of likely N-dealkylation sites (N-methyl/N-ethyl adjacent to an activating group) is 1. The summed E-state index contributed by atoms with van der Waals surface area (Å²) in [4.78, 5) is 25.2. The lowest BCUT2D eigenvalue weighted by atomic mass is 9.69. The molecule has 0 bridgehead atoms. The van der Waals surface area contributed by atoms with Crippen molar-refractivity contribution >= 4 is 12.0 Å². The van der Waals surface area contributed by atoms with Crippen LogP contribution in [0.4, 0.5) is 4.79 Å². The smallest absolute Gasteiger partial charge is 0.317 e. The second kappa shape index (κ2) is 8.52. The van der Waals surface area contributed by atoms with Gasteiger partial charge in [-0.15, -0.1) is 0 Å². The topological polar surface area (TPSA) is 81.7 Å². The number of urea groups is 1. The molecule has 6 nitrogen and oxygen atoms in total. The van der Waals surface area contributed by atoms with Gasteiger partial charge in [0.2, 0.25) is 0 Å². The standard InChI is InChI=1S/C22H33N3O3/c1-4-25(14-20(26)27)17-11-16(12-17)24-21(28)23-13-15-9-10-22(2,3)19-8-6-5-7-18(15)19/h5-8,15-17H,4,9-14H2,1-3H3,(H,26,27)(H2,23,24,28). The molecule has 0 heterocycles. The van der Waals surface area contributed by atoms with Gasteiger partial charge in [-0.3, -0.25) is 9.69 Å². The van der Waals surface area contributed by atoms with E-state index in [0.717, 1.165) is 25.7 Å². The summed E-state index contributed by atoms with van der Waals surface area (Å²) < 4.78 is 0. The van der Waals surface area contributed by atoms with E-state index in [0.29, 0.717) is 19.0 Å². The molecule has 0 aromatic heterocycles. The Morgan fingerprint density at radius 3 is 2.64 bits per heavy atom. The van der Waals surface area contributed by atoms with E-state index in [1.165, 1.54) is 11.1 Å². The number of carboxylic acid groups (broad SMARTS) is 1. The molecule has 2 aliphatic carbocycles. The molecule has 1 saturated carbocycles. The molecule has 0 radical (unpaired) electrons. The summed E-state index contributed by atoms with van der Waals surface area (Å²) in [6.07, 6.45) is 3.83. The first-order valence-corrected chi connectivity index (χ1v) is 10.4. The van der Waals surface area contributed by atoms with Crippen molar-refractivity contribution in [3.63, 3.8) is 0 Å². The Bertz CT molecular complexity index is 713. The molecule has 6 heteroatoms. The SMILES string of the molecule is CCN(CC(=O)O)C1CC(NC(=O)NCC2CCC(C)(C)c3ccccc32)C1. The second-order valence-electron chi connectivity index (χ2n) is 8.84. The van der Waals surface area contributed by atoms with Gasteiger partial charge in [-0.1, -0.05) is 45.0 Å². The Morgan fingerprint density at radius 2 is 1.96 bits per heavy atom. The Labute approximate surface area is 167 Å². The Balaban J connectivity index is 1.45. The molecule has 1 aromatic carbocycles. The van der Waals surface area contributed by atoms with Crippen molar-refractivity contribution in [1.29, 1.82) is 0 Å². The number of hydrogen-bond acceptors (Lipinski definition) is 3. The average molecular weight is 388 g/mol. The number of hydrogen-bond donors (Lipinski definition) is 3. The molecule has 0 saturated heterocycles. The van der Waals surface area contributed by atoms with Gasteiger partial charge >= 0.3 is 12.0 Å². The van der Waals surface area contributed by atoms with Crippen LogP contribution >= 0.6 is 0 Å². The summed E-state index contributed by atoms with van der Waals surface area (Å²) >= 11 is 0. The summed E-state index contributed by atoms with van der Waals surface area (Å²) in [6, 6.07) is 8.85. The largest absolute Gasteiger partial charge is 0.480 e. The zero-order chi connectivity index (χ0) is 20.3. The van der Waals surface area contributed by atoms with Crippen molar-refractivity contribution < 1.29 is 14.7 Å². The fourth-order valence-corrected chi connectivity index (χ4v) is 4.64. The van der Waals surface area contributed by atoms with Crippen LogP contribution < -0.4 is 10.6 Å². The third kappa shape index (κ3) is 4.66. The maximum atomic E-state index is 12.3. The normalized spacial score (nSPS) is 25.5. The Hall–Kier alpha value is -2.08. The first-order valence-electron chi connectivity index (χ1n) is 10.4. The molecular weight excluding hydrogens is 354 g/mol. The van der Waals surface area contributed by atoms with E-state index in [4.69, 9.17) is 5.11 Å². The van der Waals surface area contributed by atoms with Crippen LogP contribution in [0.5, 0.6) is 0 Å². The van der Waals surface area contributed by atoms with Crippen LogP contribution in [0.1, 0.15) is 63.5 Å². The van der Waals surface area contributed by atoms with E-state index >= 15 is 0 Å². The lowest BCUT2D eigenvalue weighted by Gasteiger charge is -2.42. The molecule has 154 valence electrons. The van der Waals surface area contributed by atoms with Gasteiger partial charge in [0.05, 0.1) is 6.54 Å². The molecule has 1 aromatic rings. The molecule has 2 amide bonds. The van der Waals surface area contributed by atoms with E-state index in [1.807, 2.05) is 11.8 Å². The molecule has 3 N–H and O–H groups in total. The van der Waals surface area contributed by atoms with E-state index in [2.05, 4.69) is 48.7 Å². The molecule has 3 rings (SSSR count). The highest BCUT2D eigenvalue weighted by Gasteiger charge is 2.35. The Kier molecular flexibility index (Phi) is 6.28. The Morgan fingerprint density at radius 1 is 1.25 bits per heavy atom. The minimum Gasteiger partial charge on any atom is -0.480 e. The summed E-state index contributed by atoms with van der Waals surface area (Å²) in [6.45, 7) is 7.98. The van der Waals surface area contributed by atoms with Crippen molar-refractivity contribution in [2.45, 2.75) is 69.9 Å². The van der Waals surface area contributed by atoms with Gasteiger partial charge in [0.15, 0.2) is 0 Å². The highest BCUT2D eigenvalue weighted by atomic mass is 16.4. The van der Waals surface area contributed by atoms with E-state index < -0.39 is 5.97 Å². The molecule has 1 unspecified atom stereocenters. The first-order chi connectivity index (χ1) is 13.3. The highest BCUT2D eigenvalue weighted by Crippen LogP contribution is 2.42. The summed E-state index contributed by atoms with van der Waals surface area (Å²) in [5.41, 5.74) is 2.95. The van der Waals surface area contributed by atoms with Gasteiger partial charge in [-0.25, -0.2) is 4.79 Å². The number of carboxylic acids is 1. The van der Waals surface area contributed by atoms with Gasteiger partial charge in [0.1, 0.15) is 0 Å². The fourth-order valence-electron chi connectivity index (χ4n) is 4.64. The van der Waals surface area contributed by atoms with Crippen LogP contribution in [0.15, 0.2) is 24.3 Å². The van der Waals surface area contributed by atoms with E-state index in [1.54, 1.807) is 0 Å². The van der Waals surface area contributed by atoms with Gasteiger partial charge in [-0.2, -0.15) is 0 Å². The van der Waals surface area contributed by atoms with Gasteiger partial charge in [-0.05, 0) is 48.8 Å². The highest BCUT2D eigenvalue weighted by molar-refractivity contribution is 5.74. The summed E-state index contributed by atoms with van der Waals surface area (Å²) in [5.74, 6) is -0.442. The number of amides is 2. The van der Waals surface area contributed by atoms with Crippen molar-refractivity contribution in [2.75, 3.05) is 19.6 Å². The van der Waals surface area contributed by atoms with Crippen LogP contribution in [0, 0.1) is 0 Å². The zero-order valence-electron chi connectivity index (χ0n) is 17.2. The van der Waals surface area contributed by atoms with Gasteiger partial charge < -0.3 is 15.7 Å². The molecule has 0 spiro atoms. The number of aliphatic carboxylic acids is 1. The fraction of sp³-hybridized carbons (Fsp3) is 0.636. The number of carbonyl (C=O) groups excluding carboxylic acids is 1. The van der Waals surface area contributed by atoms with Gasteiger partial charge in [0.25, 0.3) is 0 Å². The summed E-state index contributed by atoms with van der Waals surface area (Å²) in [5, 5.41) is 15.1. The third-order valence-electron chi connectivity index (χ3n) is 6.47. The molecular formula is C22H33N3O3. The number of rotatable bonds is 7. The van der Waals surface area contributed by atoms with Crippen LogP contribution in [-0.2, 0) is 10.2 Å². The lowest BCUT2D eigenvalue weighted by Crippen LogP contribution is -2.56. The van der Waals surface area contributed by atoms with Crippen molar-refractivity contribution in [3.05, 3.63) is 35.4 Å². The number of nitrogens with zero attached hydrogens (tertiary/aromatic N) is 1. The van der Waals surface area contributed by atoms with E-state index in [9.17, 15) is 9.59 Å². The molecule has 1 atom stereocenters. The van der Waals surface area contributed by atoms with Crippen molar-refractivity contribution in [2.24, 2.45) is 0 Å². The monoisotopic (exact) mass is 387 g/mol. The summed E-state index contributed by atoms with van der Waals surface area (Å²) in [7, 11) is 0. The quantitative estimate of drug-likeness (QED) is 0.672. The predicted octanol–water partition coefficient (Wildman–Crippen LogP) is 3.08. The van der Waals surface area contributed by atoms with Crippen LogP contribution in [-0.4, -0.2) is 53.7 Å². The minimum absolute atomic E-state index is 0.0670. The first kappa shape index (κ1) is 20.6. The van der Waals surface area contributed by atoms with Crippen molar-refractivity contribution in [3.8, 4) is 0 Å². The van der Waals surface area contributed by atoms with Crippen LogP contribution in [0.2, 0.25) is 0 Å². The van der Waals surface area contributed by atoms with Crippen LogP contribution in [0.3, 0.4) is 0 Å². The molecule has 2 aliphatic rings. The number of benzene rings is 1. The van der Waals surface area contributed by atoms with Gasteiger partial charge in [0, 0.05) is 24.5 Å². The minimum atomic E-state index is -0.799. The zero-order valence-corrected chi connectivity index (χ0v) is 17.2. The van der Waals surface area contributed by atoms with Crippen LogP contribution in [0.25, 0.3) is 0 Å². The average Bonchev–Trinajstić information content (AvgIpc) is 2.62. The molecule has 1 fully saturated rings. The number of carbonyl (C=O) groups is 2. The molecule has 28 heavy (non-hydrogen) atoms. The van der Waals surface area contributed by atoms with E-state index in [-0.39, 0.29) is 30.1 Å². The number of nitrogens with one attached hydrogen (secondary N) is 2. The maximum absolute atomic E-state index is 12.3. The second-order valence-corrected chi connectivity index (χ2v) is 8.84. The maximum Gasteiger partial charge on any atom is 0.317 e. The number of fused-ring (bicyclic) bond motifs is 1. The predicted molar refractivity (Wildman–Crippen MR) is 110 cm³/mol. The lowest BCUT2D eigenvalue weighted by molar-refractivity contribution is -0.139. The van der Waals surface area contributed by atoms with Crippen molar-refractivity contribution in [1.82, 2.24) is 15.5 Å². The molecule has 0 aliphatic heterocycles.